The smallest absolute Gasteiger partial charge is 0.311 e. The standard InChI is InChI=1S/C13H14N6O2/c1-3-18-7-9(8(2)16-18)10-4-5-14-13-15-11(6-12(20)21)17-19(10)13/h4-5,7H,3,6H2,1-2H3,(H,20,21). The Morgan fingerprint density at radius 1 is 1.38 bits per heavy atom. The number of fused-ring (bicyclic) bond motifs is 1. The molecule has 0 aliphatic heterocycles. The Morgan fingerprint density at radius 3 is 2.86 bits per heavy atom. The van der Waals surface area contributed by atoms with Crippen molar-refractivity contribution in [1.29, 1.82) is 0 Å². The fourth-order valence-corrected chi connectivity index (χ4v) is 2.18. The zero-order valence-corrected chi connectivity index (χ0v) is 11.7. The molecule has 0 aliphatic carbocycles. The van der Waals surface area contributed by atoms with E-state index in [1.54, 1.807) is 10.7 Å². The topological polar surface area (TPSA) is 98.2 Å². The lowest BCUT2D eigenvalue weighted by molar-refractivity contribution is -0.136. The zero-order chi connectivity index (χ0) is 15.0. The first-order valence-corrected chi connectivity index (χ1v) is 6.55. The summed E-state index contributed by atoms with van der Waals surface area (Å²) in [5.74, 6) is -0.349. The summed E-state index contributed by atoms with van der Waals surface area (Å²) in [5.41, 5.74) is 2.59. The molecular formula is C13H14N6O2. The molecule has 3 aromatic heterocycles. The van der Waals surface area contributed by atoms with Crippen LogP contribution in [-0.4, -0.2) is 40.4 Å². The average Bonchev–Trinajstić information content (AvgIpc) is 3.00. The van der Waals surface area contributed by atoms with Gasteiger partial charge in [0.2, 0.25) is 0 Å². The number of hydrogen-bond donors (Lipinski definition) is 1. The highest BCUT2D eigenvalue weighted by Gasteiger charge is 2.15. The molecule has 21 heavy (non-hydrogen) atoms. The summed E-state index contributed by atoms with van der Waals surface area (Å²) in [6, 6.07) is 1.82. The first-order chi connectivity index (χ1) is 10.1. The zero-order valence-electron chi connectivity index (χ0n) is 11.7. The van der Waals surface area contributed by atoms with Crippen molar-refractivity contribution >= 4 is 11.7 Å². The van der Waals surface area contributed by atoms with Crippen LogP contribution < -0.4 is 0 Å². The number of carboxylic acids is 1. The molecule has 1 N–H and O–H groups in total. The monoisotopic (exact) mass is 286 g/mol. The average molecular weight is 286 g/mol. The van der Waals surface area contributed by atoms with Gasteiger partial charge in [-0.25, -0.2) is 4.98 Å². The molecule has 0 saturated heterocycles. The minimum atomic E-state index is -0.970. The summed E-state index contributed by atoms with van der Waals surface area (Å²) < 4.78 is 3.40. The van der Waals surface area contributed by atoms with E-state index in [0.29, 0.717) is 5.78 Å². The molecule has 0 fully saturated rings. The van der Waals surface area contributed by atoms with E-state index >= 15 is 0 Å². The molecule has 0 radical (unpaired) electrons. The molecule has 8 nitrogen and oxygen atoms in total. The molecule has 3 aromatic rings. The van der Waals surface area contributed by atoms with Gasteiger partial charge in [0.25, 0.3) is 5.78 Å². The van der Waals surface area contributed by atoms with Gasteiger partial charge in [-0.2, -0.15) is 14.6 Å². The van der Waals surface area contributed by atoms with Crippen LogP contribution in [0.25, 0.3) is 17.0 Å². The number of rotatable bonds is 4. The maximum atomic E-state index is 10.8. The first-order valence-electron chi connectivity index (χ1n) is 6.55. The third-order valence-corrected chi connectivity index (χ3v) is 3.14. The van der Waals surface area contributed by atoms with Gasteiger partial charge in [-0.3, -0.25) is 9.48 Å². The number of carboxylic acid groups (broad SMARTS) is 1. The lowest BCUT2D eigenvalue weighted by Crippen LogP contribution is -2.02. The molecule has 0 amide bonds. The predicted octanol–water partition coefficient (Wildman–Crippen LogP) is 0.943. The maximum absolute atomic E-state index is 10.8. The Kier molecular flexibility index (Phi) is 3.13. The van der Waals surface area contributed by atoms with Gasteiger partial charge >= 0.3 is 5.97 Å². The van der Waals surface area contributed by atoms with Crippen LogP contribution in [0.15, 0.2) is 18.5 Å². The Labute approximate surface area is 120 Å². The van der Waals surface area contributed by atoms with E-state index in [1.165, 1.54) is 0 Å². The molecule has 108 valence electrons. The summed E-state index contributed by atoms with van der Waals surface area (Å²) >= 11 is 0. The van der Waals surface area contributed by atoms with Gasteiger partial charge in [0.1, 0.15) is 6.42 Å². The maximum Gasteiger partial charge on any atom is 0.311 e. The Morgan fingerprint density at radius 2 is 2.19 bits per heavy atom. The SMILES string of the molecule is CCn1cc(-c2ccnc3nc(CC(=O)O)nn23)c(C)n1. The van der Waals surface area contributed by atoms with Crippen LogP contribution >= 0.6 is 0 Å². The van der Waals surface area contributed by atoms with Crippen molar-refractivity contribution in [2.75, 3.05) is 0 Å². The van der Waals surface area contributed by atoms with Crippen molar-refractivity contribution in [3.63, 3.8) is 0 Å². The minimum absolute atomic E-state index is 0.226. The third kappa shape index (κ3) is 2.35. The third-order valence-electron chi connectivity index (χ3n) is 3.14. The van der Waals surface area contributed by atoms with E-state index in [1.807, 2.05) is 30.8 Å². The second kappa shape index (κ2) is 4.97. The summed E-state index contributed by atoms with van der Waals surface area (Å²) in [5, 5.41) is 17.5. The van der Waals surface area contributed by atoms with Gasteiger partial charge < -0.3 is 5.11 Å². The Balaban J connectivity index is 2.15. The highest BCUT2D eigenvalue weighted by Crippen LogP contribution is 2.22. The normalized spacial score (nSPS) is 11.1. The van der Waals surface area contributed by atoms with Crippen molar-refractivity contribution in [2.24, 2.45) is 0 Å². The lowest BCUT2D eigenvalue weighted by atomic mass is 10.2. The van der Waals surface area contributed by atoms with Gasteiger partial charge in [-0.05, 0) is 19.9 Å². The number of carbonyl (C=O) groups is 1. The van der Waals surface area contributed by atoms with E-state index < -0.39 is 5.97 Å². The van der Waals surface area contributed by atoms with E-state index in [0.717, 1.165) is 23.5 Å². The molecule has 0 bridgehead atoms. The summed E-state index contributed by atoms with van der Waals surface area (Å²) in [6.45, 7) is 4.71. The number of aliphatic carboxylic acids is 1. The van der Waals surface area contributed by atoms with Crippen LogP contribution in [0.2, 0.25) is 0 Å². The molecule has 3 rings (SSSR count). The lowest BCUT2D eigenvalue weighted by Gasteiger charge is -2.01. The van der Waals surface area contributed by atoms with E-state index in [-0.39, 0.29) is 12.2 Å². The van der Waals surface area contributed by atoms with Gasteiger partial charge in [0, 0.05) is 24.5 Å². The highest BCUT2D eigenvalue weighted by atomic mass is 16.4. The highest BCUT2D eigenvalue weighted by molar-refractivity contribution is 5.69. The molecule has 8 heteroatoms. The van der Waals surface area contributed by atoms with Crippen molar-refractivity contribution in [3.05, 3.63) is 30.0 Å². The van der Waals surface area contributed by atoms with Crippen LogP contribution in [0.4, 0.5) is 0 Å². The Hall–Kier alpha value is -2.77. The quantitative estimate of drug-likeness (QED) is 0.766. The number of hydrogen-bond acceptors (Lipinski definition) is 5. The van der Waals surface area contributed by atoms with E-state index in [9.17, 15) is 4.79 Å². The molecule has 0 spiro atoms. The van der Waals surface area contributed by atoms with Crippen molar-refractivity contribution < 1.29 is 9.90 Å². The summed E-state index contributed by atoms with van der Waals surface area (Å²) in [4.78, 5) is 19.0. The van der Waals surface area contributed by atoms with Crippen molar-refractivity contribution in [1.82, 2.24) is 29.4 Å². The minimum Gasteiger partial charge on any atom is -0.481 e. The molecule has 0 saturated carbocycles. The molecule has 0 unspecified atom stereocenters. The van der Waals surface area contributed by atoms with Crippen LogP contribution in [0.3, 0.4) is 0 Å². The van der Waals surface area contributed by atoms with Gasteiger partial charge in [-0.1, -0.05) is 0 Å². The predicted molar refractivity (Wildman–Crippen MR) is 73.8 cm³/mol. The molecule has 0 aromatic carbocycles. The van der Waals surface area contributed by atoms with Crippen molar-refractivity contribution in [3.8, 4) is 11.3 Å². The second-order valence-corrected chi connectivity index (χ2v) is 4.62. The number of aromatic nitrogens is 6. The van der Waals surface area contributed by atoms with Crippen molar-refractivity contribution in [2.45, 2.75) is 26.8 Å². The fourth-order valence-electron chi connectivity index (χ4n) is 2.18. The fraction of sp³-hybridized carbons (Fsp3) is 0.308. The second-order valence-electron chi connectivity index (χ2n) is 4.62. The number of aryl methyl sites for hydroxylation is 2. The number of nitrogens with zero attached hydrogens (tertiary/aromatic N) is 6. The molecule has 0 aliphatic rings. The largest absolute Gasteiger partial charge is 0.481 e. The van der Waals surface area contributed by atoms with Crippen LogP contribution in [0.1, 0.15) is 18.4 Å². The van der Waals surface area contributed by atoms with Crippen LogP contribution in [-0.2, 0) is 17.8 Å². The summed E-state index contributed by atoms with van der Waals surface area (Å²) in [6.07, 6.45) is 3.34. The Bertz CT molecular complexity index is 819. The van der Waals surface area contributed by atoms with Crippen LogP contribution in [0, 0.1) is 6.92 Å². The molecule has 3 heterocycles. The van der Waals surface area contributed by atoms with Gasteiger partial charge in [0.05, 0.1) is 11.4 Å². The molecular weight excluding hydrogens is 272 g/mol. The van der Waals surface area contributed by atoms with Gasteiger partial charge in [-0.15, -0.1) is 5.10 Å². The van der Waals surface area contributed by atoms with Crippen LogP contribution in [0.5, 0.6) is 0 Å². The molecule has 0 atom stereocenters. The van der Waals surface area contributed by atoms with E-state index in [4.69, 9.17) is 5.11 Å². The summed E-state index contributed by atoms with van der Waals surface area (Å²) in [7, 11) is 0. The first kappa shape index (κ1) is 13.2. The van der Waals surface area contributed by atoms with E-state index in [2.05, 4.69) is 20.2 Å². The van der Waals surface area contributed by atoms with Gasteiger partial charge in [0.15, 0.2) is 5.82 Å².